The van der Waals surface area contributed by atoms with Crippen molar-refractivity contribution in [2.45, 2.75) is 270 Å². The molecule has 0 spiro atoms. The Morgan fingerprint density at radius 3 is 0.896 bits per heavy atom. The number of aliphatic hydroxyl groups is 1. The molecule has 0 saturated carbocycles. The lowest BCUT2D eigenvalue weighted by Gasteiger charge is -2.38. The predicted molar refractivity (Wildman–Crippen MR) is 517 cm³/mol. The lowest BCUT2D eigenvalue weighted by molar-refractivity contribution is 0.112. The van der Waals surface area contributed by atoms with Crippen molar-refractivity contribution in [3.8, 4) is 0 Å². The van der Waals surface area contributed by atoms with Gasteiger partial charge in [-0.3, -0.25) is 4.98 Å². The van der Waals surface area contributed by atoms with Gasteiger partial charge in [0.1, 0.15) is 11.6 Å². The molecule has 2 fully saturated rings. The average Bonchev–Trinajstić information content (AvgIpc) is 1.65. The molecule has 0 radical (unpaired) electrons. The van der Waals surface area contributed by atoms with E-state index in [1.54, 1.807) is 38.1 Å². The lowest BCUT2D eigenvalue weighted by atomic mass is 9.82. The second-order valence-corrected chi connectivity index (χ2v) is 46.6. The minimum atomic E-state index is -3.89. The van der Waals surface area contributed by atoms with Crippen molar-refractivity contribution in [3.05, 3.63) is 218 Å². The van der Waals surface area contributed by atoms with Gasteiger partial charge >= 0.3 is 50.6 Å². The Balaban J connectivity index is 0.000000123. The topological polar surface area (TPSA) is 468 Å². The molecule has 11 N–H and O–H groups in total. The molecule has 8 aromatic rings. The molecule has 20 rings (SSSR count). The largest absolute Gasteiger partial charge is 0.393 e. The number of sulfonamides is 3. The van der Waals surface area contributed by atoms with Crippen molar-refractivity contribution in [3.63, 3.8) is 0 Å². The summed E-state index contributed by atoms with van der Waals surface area (Å²) in [6.45, 7) is 13.0. The number of benzene rings is 5. The van der Waals surface area contributed by atoms with Crippen LogP contribution in [-0.2, 0) is 196 Å². The maximum absolute atomic E-state index is 12.8. The van der Waals surface area contributed by atoms with Gasteiger partial charge in [-0.1, -0.05) is 57.2 Å². The van der Waals surface area contributed by atoms with Crippen LogP contribution in [0.4, 0.5) is 52.4 Å². The van der Waals surface area contributed by atoms with Gasteiger partial charge < -0.3 is 31.7 Å². The standard InChI is InChI=1S/C21H31N3O3S.C20H23N3O3S.2C19H22N4O3S.C18H25N3O4S/c1-13-11-24(12-14(2)15(13)3)28(26,27)23-21(25)22-20-18-8-4-6-16(18)10-17-7-5-9-19(17)20;1-13-8-9-14(11-21-13)12-27(25,26)23-20(24)22-19-17-6-2-4-15(17)10-16-5-3-7-18(16)19;1-12-20-9-13(10-21-12)11-27(25,26)23-19(24)22-18-16-6-2-4-14(16)8-15-5-3-7-17(15)18;1-12-8-9-15(22-21-12)11-27(25,26)23-19(24)20-18-16-6-2-4-13(16)10-14-5-3-7-17(14)18;22-14-7-9-21(10-8-14)26(24,25)20-18(23)19-17-15-5-1-3-12(15)11-13-4-2-6-16(13)17/h10,13-15H,4-9,11-12H2,1-3H3,(H2,22,23,25);8-11H,2-7,12H2,1H3,(H2,22,23,24);8-10H,2-7,11H2,1H3,(H2,22,23,24);8-10H,2-7,11H2,1H3,(H2,20,23,24);11,14,22H,1-10H2,(H2,19,20,23). The number of aliphatic hydroxyl groups excluding tert-OH is 1. The molecule has 5 heterocycles. The number of aromatic nitrogens is 5. The molecule has 33 nitrogen and oxygen atoms in total. The molecule has 12 aliphatic rings. The summed E-state index contributed by atoms with van der Waals surface area (Å²) >= 11 is 0. The summed E-state index contributed by atoms with van der Waals surface area (Å²) < 4.78 is 138. The van der Waals surface area contributed by atoms with Crippen LogP contribution in [0.3, 0.4) is 0 Å². The fourth-order valence-electron chi connectivity index (χ4n) is 21.5. The number of piperidine rings is 2. The zero-order chi connectivity index (χ0) is 95.4. The van der Waals surface area contributed by atoms with Gasteiger partial charge in [-0.05, 0) is 379 Å². The number of carbonyl (C=O) groups is 5. The van der Waals surface area contributed by atoms with Gasteiger partial charge in [-0.2, -0.15) is 35.6 Å². The second-order valence-electron chi connectivity index (χ2n) is 38.1. The first-order chi connectivity index (χ1) is 64.4. The van der Waals surface area contributed by atoms with E-state index in [0.29, 0.717) is 60.2 Å². The number of nitrogens with zero attached hydrogens (tertiary/aromatic N) is 7. The van der Waals surface area contributed by atoms with Gasteiger partial charge in [0.15, 0.2) is 0 Å². The zero-order valence-corrected chi connectivity index (χ0v) is 81.6. The van der Waals surface area contributed by atoms with Crippen LogP contribution in [0.2, 0.25) is 0 Å². The molecule has 0 bridgehead atoms. The molecule has 722 valence electrons. The minimum absolute atomic E-state index is 0.222. The quantitative estimate of drug-likeness (QED) is 0.0380. The summed E-state index contributed by atoms with van der Waals surface area (Å²) in [7, 11) is -19.2. The Hall–Kier alpha value is -10.6. The van der Waals surface area contributed by atoms with E-state index in [-0.39, 0.29) is 36.4 Å². The van der Waals surface area contributed by atoms with E-state index in [0.717, 1.165) is 249 Å². The zero-order valence-electron chi connectivity index (χ0n) is 77.6. The molecular weight excluding hydrogens is 1820 g/mol. The maximum Gasteiger partial charge on any atom is 0.333 e. The van der Waals surface area contributed by atoms with E-state index < -0.39 is 92.5 Å². The Morgan fingerprint density at radius 2 is 0.607 bits per heavy atom. The molecule has 10 aliphatic carbocycles. The van der Waals surface area contributed by atoms with E-state index in [1.807, 2.05) is 6.92 Å². The predicted octanol–water partition coefficient (Wildman–Crippen LogP) is 12.6. The van der Waals surface area contributed by atoms with Crippen LogP contribution in [0.1, 0.15) is 243 Å². The van der Waals surface area contributed by atoms with Gasteiger partial charge in [0.05, 0.1) is 29.0 Å². The fourth-order valence-corrected chi connectivity index (χ4v) is 26.9. The van der Waals surface area contributed by atoms with Crippen molar-refractivity contribution in [2.75, 3.05) is 52.8 Å². The number of anilines is 5. The smallest absolute Gasteiger partial charge is 0.333 e. The Bertz CT molecular complexity index is 5970. The summed E-state index contributed by atoms with van der Waals surface area (Å²) in [6, 6.07) is 14.6. The van der Waals surface area contributed by atoms with Crippen LogP contribution in [0.5, 0.6) is 0 Å². The fraction of sp³-hybridized carbons (Fsp3) is 0.505. The van der Waals surface area contributed by atoms with Gasteiger partial charge in [0.2, 0.25) is 30.1 Å². The third-order valence-electron chi connectivity index (χ3n) is 28.3. The Labute approximate surface area is 791 Å². The first-order valence-electron chi connectivity index (χ1n) is 47.5. The third kappa shape index (κ3) is 23.6. The molecule has 5 aromatic carbocycles. The Morgan fingerprint density at radius 1 is 0.333 bits per heavy atom. The van der Waals surface area contributed by atoms with Crippen LogP contribution in [0.25, 0.3) is 0 Å². The molecule has 135 heavy (non-hydrogen) atoms. The maximum atomic E-state index is 12.8. The summed E-state index contributed by atoms with van der Waals surface area (Å²) in [5.41, 5.74) is 31.6. The number of hydrogen-bond donors (Lipinski definition) is 11. The molecular formula is C97H123N17O16S5. The first kappa shape index (κ1) is 97.5. The van der Waals surface area contributed by atoms with Crippen molar-refractivity contribution in [1.82, 2.24) is 57.4 Å². The van der Waals surface area contributed by atoms with Crippen molar-refractivity contribution < 1.29 is 71.2 Å². The molecule has 2 atom stereocenters. The second kappa shape index (κ2) is 41.4. The van der Waals surface area contributed by atoms with E-state index in [2.05, 4.69) is 126 Å². The number of hydrogen-bond acceptors (Lipinski definition) is 21. The van der Waals surface area contributed by atoms with Gasteiger partial charge in [0, 0.05) is 84.5 Å². The normalized spacial score (nSPS) is 18.8. The van der Waals surface area contributed by atoms with E-state index in [9.17, 15) is 71.2 Å². The van der Waals surface area contributed by atoms with Gasteiger partial charge in [-0.15, -0.1) is 0 Å². The van der Waals surface area contributed by atoms with Crippen LogP contribution in [0, 0.1) is 38.5 Å². The Kier molecular flexibility index (Phi) is 29.9. The number of urea groups is 5. The van der Waals surface area contributed by atoms with Crippen LogP contribution in [0.15, 0.2) is 73.2 Å². The summed E-state index contributed by atoms with van der Waals surface area (Å²) in [5, 5.41) is 31.5. The van der Waals surface area contributed by atoms with Crippen LogP contribution in [-0.4, -0.2) is 143 Å². The molecule has 38 heteroatoms. The van der Waals surface area contributed by atoms with Crippen LogP contribution < -0.4 is 50.2 Å². The monoisotopic (exact) mass is 1940 g/mol. The van der Waals surface area contributed by atoms with Gasteiger partial charge in [-0.25, -0.2) is 82.8 Å². The summed E-state index contributed by atoms with van der Waals surface area (Å²) in [4.78, 5) is 74.5. The number of nitrogens with one attached hydrogen (secondary N) is 10. The van der Waals surface area contributed by atoms with E-state index in [4.69, 9.17) is 0 Å². The molecule has 2 unspecified atom stereocenters. The highest BCUT2D eigenvalue weighted by molar-refractivity contribution is 7.90. The average molecular weight is 1940 g/mol. The molecule has 2 saturated heterocycles. The van der Waals surface area contributed by atoms with Crippen LogP contribution >= 0.6 is 0 Å². The number of amides is 10. The number of pyridine rings is 1. The number of rotatable bonds is 18. The van der Waals surface area contributed by atoms with E-state index in [1.165, 1.54) is 116 Å². The minimum Gasteiger partial charge on any atom is -0.393 e. The molecule has 2 aliphatic heterocycles. The highest BCUT2D eigenvalue weighted by Gasteiger charge is 2.39. The van der Waals surface area contributed by atoms with E-state index >= 15 is 0 Å². The summed E-state index contributed by atoms with van der Waals surface area (Å²) in [5.74, 6) is 0.555. The number of fused-ring (bicyclic) bond motifs is 10. The SMILES string of the molecule is CC1CN(S(=O)(=O)NC(=O)Nc2c3c(cc4c2CCC4)CCC3)CC(C)C1C.Cc1ccc(CS(=O)(=O)NC(=O)Nc2c3c(cc4c2CCC4)CCC3)cn1.Cc1ccc(CS(=O)(=O)NC(=O)Nc2c3c(cc4c2CCC4)CCC3)nn1.Cc1ncc(CS(=O)(=O)NC(=O)Nc2c3c(cc4c2CCC4)CCC3)cn1.O=C(Nc1c2c(cc3c1CCC3)CCC2)NS(=O)(=O)N1CCC(O)CC1. The van der Waals surface area contributed by atoms with Crippen molar-refractivity contribution in [1.29, 1.82) is 0 Å². The first-order valence-corrected chi connectivity index (χ1v) is 55.4. The third-order valence-corrected chi connectivity index (χ3v) is 34.8. The lowest BCUT2D eigenvalue weighted by Crippen LogP contribution is -2.52. The molecule has 3 aromatic heterocycles. The number of aryl methyl sites for hydroxylation is 13. The number of carbonyl (C=O) groups excluding carboxylic acids is 5. The highest BCUT2D eigenvalue weighted by Crippen LogP contribution is 2.45. The summed E-state index contributed by atoms with van der Waals surface area (Å²) in [6.07, 6.45) is 35.0. The van der Waals surface area contributed by atoms with Gasteiger partial charge in [0.25, 0.3) is 0 Å². The molecule has 10 amide bonds. The highest BCUT2D eigenvalue weighted by atomic mass is 32.2. The van der Waals surface area contributed by atoms with Crippen molar-refractivity contribution >= 4 is 109 Å². The van der Waals surface area contributed by atoms with Crippen molar-refractivity contribution in [2.24, 2.45) is 17.8 Å².